The van der Waals surface area contributed by atoms with Crippen LogP contribution in [0.15, 0.2) is 28.7 Å². The van der Waals surface area contributed by atoms with Gasteiger partial charge in [0, 0.05) is 27.6 Å². The summed E-state index contributed by atoms with van der Waals surface area (Å²) in [6, 6.07) is 7.98. The number of fused-ring (bicyclic) bond motifs is 1. The fourth-order valence-corrected chi connectivity index (χ4v) is 2.59. The minimum atomic E-state index is -0.887. The topological polar surface area (TPSA) is 42.2 Å². The van der Waals surface area contributed by atoms with E-state index in [9.17, 15) is 9.90 Å². The summed E-state index contributed by atoms with van der Waals surface area (Å²) in [7, 11) is 0. The molecule has 3 nitrogen and oxygen atoms in total. The summed E-state index contributed by atoms with van der Waals surface area (Å²) in [4.78, 5) is 11.4. The van der Waals surface area contributed by atoms with Gasteiger partial charge in [-0.3, -0.25) is 4.79 Å². The lowest BCUT2D eigenvalue weighted by Gasteiger charge is -2.21. The molecular formula is C14H16BrNO2. The van der Waals surface area contributed by atoms with Crippen LogP contribution in [-0.4, -0.2) is 15.6 Å². The summed E-state index contributed by atoms with van der Waals surface area (Å²) < 4.78 is 3.07. The van der Waals surface area contributed by atoms with Crippen LogP contribution in [0.25, 0.3) is 10.9 Å². The molecular weight excluding hydrogens is 294 g/mol. The molecule has 2 aromatic rings. The SMILES string of the molecule is CCn1c(C(C)(C)C(=O)O)cc2cc(Br)ccc21. The molecule has 0 spiro atoms. The monoisotopic (exact) mass is 309 g/mol. The van der Waals surface area contributed by atoms with Crippen molar-refractivity contribution in [3.8, 4) is 0 Å². The lowest BCUT2D eigenvalue weighted by Crippen LogP contribution is -2.31. The quantitative estimate of drug-likeness (QED) is 0.937. The molecule has 0 saturated heterocycles. The van der Waals surface area contributed by atoms with Crippen LogP contribution in [0.2, 0.25) is 0 Å². The zero-order valence-electron chi connectivity index (χ0n) is 10.7. The molecule has 0 saturated carbocycles. The number of rotatable bonds is 3. The first-order valence-electron chi connectivity index (χ1n) is 5.90. The standard InChI is InChI=1S/C14H16BrNO2/c1-4-16-11-6-5-10(15)7-9(11)8-12(16)14(2,3)13(17)18/h5-8H,4H2,1-3H3,(H,17,18). The normalized spacial score (nSPS) is 12.0. The van der Waals surface area contributed by atoms with Crippen molar-refractivity contribution < 1.29 is 9.90 Å². The molecule has 0 radical (unpaired) electrons. The van der Waals surface area contributed by atoms with Crippen molar-refractivity contribution in [2.75, 3.05) is 0 Å². The van der Waals surface area contributed by atoms with Crippen molar-refractivity contribution in [3.63, 3.8) is 0 Å². The highest BCUT2D eigenvalue weighted by atomic mass is 79.9. The van der Waals surface area contributed by atoms with Crippen LogP contribution in [-0.2, 0) is 16.8 Å². The molecule has 1 aromatic carbocycles. The van der Waals surface area contributed by atoms with Gasteiger partial charge in [0.1, 0.15) is 5.41 Å². The van der Waals surface area contributed by atoms with Crippen molar-refractivity contribution in [3.05, 3.63) is 34.4 Å². The fourth-order valence-electron chi connectivity index (χ4n) is 2.21. The first-order chi connectivity index (χ1) is 8.37. The molecule has 0 fully saturated rings. The molecule has 0 aliphatic heterocycles. The number of hydrogen-bond acceptors (Lipinski definition) is 1. The number of nitrogens with zero attached hydrogens (tertiary/aromatic N) is 1. The van der Waals surface area contributed by atoms with E-state index in [4.69, 9.17) is 0 Å². The summed E-state index contributed by atoms with van der Waals surface area (Å²) in [5.41, 5.74) is 1.03. The van der Waals surface area contributed by atoms with Gasteiger partial charge in [0.25, 0.3) is 0 Å². The Kier molecular flexibility index (Phi) is 3.23. The Labute approximate surface area is 115 Å². The lowest BCUT2D eigenvalue weighted by molar-refractivity contribution is -0.142. The van der Waals surface area contributed by atoms with Gasteiger partial charge in [0.05, 0.1) is 0 Å². The Balaban J connectivity index is 2.75. The van der Waals surface area contributed by atoms with E-state index in [1.165, 1.54) is 0 Å². The maximum atomic E-state index is 11.4. The van der Waals surface area contributed by atoms with E-state index >= 15 is 0 Å². The van der Waals surface area contributed by atoms with Crippen LogP contribution < -0.4 is 0 Å². The Morgan fingerprint density at radius 3 is 2.61 bits per heavy atom. The third-order valence-corrected chi connectivity index (χ3v) is 3.85. The average molecular weight is 310 g/mol. The number of carbonyl (C=O) groups is 1. The van der Waals surface area contributed by atoms with Gasteiger partial charge in [-0.05, 0) is 45.0 Å². The average Bonchev–Trinajstić information content (AvgIpc) is 2.66. The van der Waals surface area contributed by atoms with Crippen LogP contribution >= 0.6 is 15.9 Å². The van der Waals surface area contributed by atoms with Crippen molar-refractivity contribution >= 4 is 32.8 Å². The fraction of sp³-hybridized carbons (Fsp3) is 0.357. The van der Waals surface area contributed by atoms with E-state index in [2.05, 4.69) is 20.5 Å². The van der Waals surface area contributed by atoms with Crippen LogP contribution in [0, 0.1) is 0 Å². The largest absolute Gasteiger partial charge is 0.481 e. The third-order valence-electron chi connectivity index (χ3n) is 3.35. The summed E-state index contributed by atoms with van der Waals surface area (Å²) in [5, 5.41) is 10.4. The van der Waals surface area contributed by atoms with Crippen molar-refractivity contribution in [2.45, 2.75) is 32.7 Å². The zero-order chi connectivity index (χ0) is 13.5. The van der Waals surface area contributed by atoms with Gasteiger partial charge in [-0.15, -0.1) is 0 Å². The second kappa shape index (κ2) is 4.43. The highest BCUT2D eigenvalue weighted by Gasteiger charge is 2.33. The number of halogens is 1. The van der Waals surface area contributed by atoms with Crippen molar-refractivity contribution in [2.24, 2.45) is 0 Å². The third kappa shape index (κ3) is 1.94. The number of hydrogen-bond donors (Lipinski definition) is 1. The maximum absolute atomic E-state index is 11.4. The Bertz CT molecular complexity index is 614. The van der Waals surface area contributed by atoms with Gasteiger partial charge in [-0.25, -0.2) is 0 Å². The smallest absolute Gasteiger partial charge is 0.315 e. The Hall–Kier alpha value is -1.29. The molecule has 0 bridgehead atoms. The number of benzene rings is 1. The summed E-state index contributed by atoms with van der Waals surface area (Å²) in [6.07, 6.45) is 0. The van der Waals surface area contributed by atoms with E-state index in [-0.39, 0.29) is 0 Å². The van der Waals surface area contributed by atoms with E-state index in [0.717, 1.165) is 27.6 Å². The zero-order valence-corrected chi connectivity index (χ0v) is 12.3. The van der Waals surface area contributed by atoms with Gasteiger partial charge in [-0.1, -0.05) is 15.9 Å². The lowest BCUT2D eigenvalue weighted by atomic mass is 9.89. The number of aryl methyl sites for hydroxylation is 1. The number of carboxylic acid groups (broad SMARTS) is 1. The number of carboxylic acids is 1. The van der Waals surface area contributed by atoms with Gasteiger partial charge in [-0.2, -0.15) is 0 Å². The summed E-state index contributed by atoms with van der Waals surface area (Å²) in [6.45, 7) is 6.27. The Morgan fingerprint density at radius 1 is 1.39 bits per heavy atom. The highest BCUT2D eigenvalue weighted by Crippen LogP contribution is 2.31. The molecule has 2 rings (SSSR count). The maximum Gasteiger partial charge on any atom is 0.315 e. The highest BCUT2D eigenvalue weighted by molar-refractivity contribution is 9.10. The first kappa shape index (κ1) is 13.1. The van der Waals surface area contributed by atoms with Gasteiger partial charge < -0.3 is 9.67 Å². The molecule has 18 heavy (non-hydrogen) atoms. The summed E-state index contributed by atoms with van der Waals surface area (Å²) in [5.74, 6) is -0.806. The second-order valence-electron chi connectivity index (χ2n) is 4.91. The Morgan fingerprint density at radius 2 is 2.06 bits per heavy atom. The molecule has 96 valence electrons. The minimum Gasteiger partial charge on any atom is -0.481 e. The molecule has 0 aliphatic carbocycles. The molecule has 0 unspecified atom stereocenters. The molecule has 1 heterocycles. The minimum absolute atomic E-state index is 0.761. The predicted octanol–water partition coefficient (Wildman–Crippen LogP) is 3.79. The predicted molar refractivity (Wildman–Crippen MR) is 76.0 cm³/mol. The van der Waals surface area contributed by atoms with E-state index < -0.39 is 11.4 Å². The molecule has 1 N–H and O–H groups in total. The van der Waals surface area contributed by atoms with E-state index in [0.29, 0.717) is 0 Å². The number of aliphatic carboxylic acids is 1. The molecule has 0 amide bonds. The molecule has 4 heteroatoms. The summed E-state index contributed by atoms with van der Waals surface area (Å²) >= 11 is 3.44. The first-order valence-corrected chi connectivity index (χ1v) is 6.70. The number of aromatic nitrogens is 1. The van der Waals surface area contributed by atoms with Crippen molar-refractivity contribution in [1.29, 1.82) is 0 Å². The van der Waals surface area contributed by atoms with Crippen LogP contribution in [0.5, 0.6) is 0 Å². The van der Waals surface area contributed by atoms with Gasteiger partial charge in [0.15, 0.2) is 0 Å². The molecule has 0 atom stereocenters. The molecule has 1 aromatic heterocycles. The van der Waals surface area contributed by atoms with Gasteiger partial charge >= 0.3 is 5.97 Å². The molecule has 0 aliphatic rings. The van der Waals surface area contributed by atoms with E-state index in [1.54, 1.807) is 13.8 Å². The van der Waals surface area contributed by atoms with Crippen LogP contribution in [0.3, 0.4) is 0 Å². The van der Waals surface area contributed by atoms with Crippen LogP contribution in [0.4, 0.5) is 0 Å². The van der Waals surface area contributed by atoms with Crippen molar-refractivity contribution in [1.82, 2.24) is 4.57 Å². The van der Waals surface area contributed by atoms with Gasteiger partial charge in [0.2, 0.25) is 0 Å². The second-order valence-corrected chi connectivity index (χ2v) is 5.82. The van der Waals surface area contributed by atoms with Crippen LogP contribution in [0.1, 0.15) is 26.5 Å². The van der Waals surface area contributed by atoms with E-state index in [1.807, 2.05) is 31.2 Å².